The van der Waals surface area contributed by atoms with Crippen LogP contribution in [0.4, 0.5) is 14.9 Å². The Morgan fingerprint density at radius 1 is 1.36 bits per heavy atom. The van der Waals surface area contributed by atoms with Crippen LogP contribution in [0.3, 0.4) is 0 Å². The molecule has 8 heteroatoms. The third-order valence-electron chi connectivity index (χ3n) is 4.17. The van der Waals surface area contributed by atoms with Crippen molar-refractivity contribution < 1.29 is 14.0 Å². The maximum Gasteiger partial charge on any atom is 0.319 e. The zero-order chi connectivity index (χ0) is 17.7. The third kappa shape index (κ3) is 5.86. The van der Waals surface area contributed by atoms with Gasteiger partial charge in [-0.1, -0.05) is 13.3 Å². The second-order valence-electron chi connectivity index (χ2n) is 6.51. The first kappa shape index (κ1) is 21.2. The lowest BCUT2D eigenvalue weighted by atomic mass is 9.96. The number of hydrogen-bond donors (Lipinski definition) is 3. The molecule has 1 heterocycles. The van der Waals surface area contributed by atoms with Crippen LogP contribution in [0.5, 0.6) is 0 Å². The fraction of sp³-hybridized carbons (Fsp3) is 0.529. The van der Waals surface area contributed by atoms with Gasteiger partial charge in [-0.3, -0.25) is 4.79 Å². The van der Waals surface area contributed by atoms with Crippen LogP contribution in [0.2, 0.25) is 0 Å². The number of nitrogens with one attached hydrogen (secondary N) is 2. The lowest BCUT2D eigenvalue weighted by Crippen LogP contribution is -2.53. The summed E-state index contributed by atoms with van der Waals surface area (Å²) in [6.07, 6.45) is 2.16. The Kier molecular flexibility index (Phi) is 7.63. The maximum absolute atomic E-state index is 12.8. The van der Waals surface area contributed by atoms with Crippen molar-refractivity contribution in [1.29, 1.82) is 0 Å². The van der Waals surface area contributed by atoms with Gasteiger partial charge in [-0.25, -0.2) is 9.18 Å². The van der Waals surface area contributed by atoms with E-state index in [9.17, 15) is 14.0 Å². The number of nitrogens with two attached hydrogens (primary N) is 1. The number of nitrogens with zero attached hydrogens (tertiary/aromatic N) is 1. The highest BCUT2D eigenvalue weighted by Gasteiger charge is 2.36. The van der Waals surface area contributed by atoms with Crippen molar-refractivity contribution in [1.82, 2.24) is 10.2 Å². The van der Waals surface area contributed by atoms with Crippen LogP contribution in [0.25, 0.3) is 0 Å². The quantitative estimate of drug-likeness (QED) is 0.742. The molecule has 0 spiro atoms. The Bertz CT molecular complexity index is 595. The highest BCUT2D eigenvalue weighted by atomic mass is 35.5. The topological polar surface area (TPSA) is 87.5 Å². The van der Waals surface area contributed by atoms with Crippen LogP contribution >= 0.6 is 12.4 Å². The van der Waals surface area contributed by atoms with Gasteiger partial charge in [-0.2, -0.15) is 0 Å². The average Bonchev–Trinajstić information content (AvgIpc) is 2.97. The molecule has 4 N–H and O–H groups in total. The second-order valence-corrected chi connectivity index (χ2v) is 6.51. The molecule has 2 atom stereocenters. The van der Waals surface area contributed by atoms with Gasteiger partial charge in [-0.15, -0.1) is 12.4 Å². The summed E-state index contributed by atoms with van der Waals surface area (Å²) in [5.74, 6) is -0.435. The maximum atomic E-state index is 12.8. The Morgan fingerprint density at radius 3 is 2.60 bits per heavy atom. The molecule has 0 saturated carbocycles. The van der Waals surface area contributed by atoms with Crippen molar-refractivity contribution in [2.75, 3.05) is 18.4 Å². The van der Waals surface area contributed by atoms with Gasteiger partial charge in [0.15, 0.2) is 0 Å². The second kappa shape index (κ2) is 9.01. The molecule has 1 aliphatic rings. The van der Waals surface area contributed by atoms with Crippen molar-refractivity contribution in [2.45, 2.75) is 44.7 Å². The standard InChI is InChI=1S/C17H25FN4O2.ClH/c1-3-9-17(2,19)15(23)22-10-8-14(11-22)21-16(24)20-13-6-4-12(18)5-7-13;/h4-7,14H,3,8-11,19H2,1-2H3,(H2,20,21,24);1H. The van der Waals surface area contributed by atoms with Crippen molar-refractivity contribution in [3.05, 3.63) is 30.1 Å². The van der Waals surface area contributed by atoms with Crippen molar-refractivity contribution in [2.24, 2.45) is 5.73 Å². The highest BCUT2D eigenvalue weighted by molar-refractivity contribution is 5.90. The van der Waals surface area contributed by atoms with Crippen molar-refractivity contribution in [3.8, 4) is 0 Å². The Balaban J connectivity index is 0.00000312. The van der Waals surface area contributed by atoms with E-state index in [1.54, 1.807) is 11.8 Å². The molecule has 1 fully saturated rings. The third-order valence-corrected chi connectivity index (χ3v) is 4.17. The fourth-order valence-corrected chi connectivity index (χ4v) is 2.94. The van der Waals surface area contributed by atoms with Gasteiger partial charge < -0.3 is 21.3 Å². The molecule has 3 amide bonds. The van der Waals surface area contributed by atoms with Gasteiger partial charge in [0.05, 0.1) is 5.54 Å². The van der Waals surface area contributed by atoms with E-state index in [1.807, 2.05) is 6.92 Å². The molecule has 1 aliphatic heterocycles. The van der Waals surface area contributed by atoms with E-state index < -0.39 is 5.54 Å². The van der Waals surface area contributed by atoms with E-state index in [0.29, 0.717) is 31.6 Å². The zero-order valence-electron chi connectivity index (χ0n) is 14.5. The molecule has 6 nitrogen and oxygen atoms in total. The molecular weight excluding hydrogens is 347 g/mol. The summed E-state index contributed by atoms with van der Waals surface area (Å²) >= 11 is 0. The van der Waals surface area contributed by atoms with Crippen LogP contribution in [0, 0.1) is 5.82 Å². The molecule has 1 aromatic rings. The first-order chi connectivity index (χ1) is 11.3. The SMILES string of the molecule is CCCC(C)(N)C(=O)N1CCC(NC(=O)Nc2ccc(F)cc2)C1.Cl. The molecule has 2 unspecified atom stereocenters. The molecule has 0 bridgehead atoms. The normalized spacial score (nSPS) is 18.9. The predicted octanol–water partition coefficient (Wildman–Crippen LogP) is 2.49. The number of rotatable bonds is 5. The number of halogens is 2. The minimum absolute atomic E-state index is 0. The monoisotopic (exact) mass is 372 g/mol. The fourth-order valence-electron chi connectivity index (χ4n) is 2.94. The van der Waals surface area contributed by atoms with Crippen LogP contribution in [0.15, 0.2) is 24.3 Å². The average molecular weight is 373 g/mol. The van der Waals surface area contributed by atoms with E-state index in [0.717, 1.165) is 6.42 Å². The number of anilines is 1. The smallest absolute Gasteiger partial charge is 0.319 e. The summed E-state index contributed by atoms with van der Waals surface area (Å²) in [5.41, 5.74) is 5.74. The summed E-state index contributed by atoms with van der Waals surface area (Å²) in [5, 5.41) is 5.48. The Morgan fingerprint density at radius 2 is 2.00 bits per heavy atom. The highest BCUT2D eigenvalue weighted by Crippen LogP contribution is 2.18. The minimum atomic E-state index is -0.861. The number of hydrogen-bond acceptors (Lipinski definition) is 3. The number of carbonyl (C=O) groups is 2. The van der Waals surface area contributed by atoms with Crippen molar-refractivity contribution >= 4 is 30.0 Å². The number of carbonyl (C=O) groups excluding carboxylic acids is 2. The summed E-state index contributed by atoms with van der Waals surface area (Å²) < 4.78 is 12.8. The summed E-state index contributed by atoms with van der Waals surface area (Å²) in [6, 6.07) is 5.05. The van der Waals surface area contributed by atoms with Crippen LogP contribution in [0.1, 0.15) is 33.1 Å². The van der Waals surface area contributed by atoms with E-state index in [1.165, 1.54) is 24.3 Å². The van der Waals surface area contributed by atoms with Gasteiger partial charge in [0.2, 0.25) is 5.91 Å². The largest absolute Gasteiger partial charge is 0.339 e. The molecule has 2 rings (SSSR count). The summed E-state index contributed by atoms with van der Waals surface area (Å²) in [7, 11) is 0. The number of likely N-dealkylation sites (tertiary alicyclic amines) is 1. The lowest BCUT2D eigenvalue weighted by Gasteiger charge is -2.28. The van der Waals surface area contributed by atoms with E-state index in [-0.39, 0.29) is 36.2 Å². The van der Waals surface area contributed by atoms with Gasteiger partial charge in [-0.05, 0) is 44.0 Å². The molecule has 140 valence electrons. The summed E-state index contributed by atoms with van der Waals surface area (Å²) in [4.78, 5) is 26.1. The first-order valence-electron chi connectivity index (χ1n) is 8.23. The number of amides is 3. The molecule has 1 saturated heterocycles. The summed E-state index contributed by atoms with van der Waals surface area (Å²) in [6.45, 7) is 4.77. The zero-order valence-corrected chi connectivity index (χ0v) is 15.4. The lowest BCUT2D eigenvalue weighted by molar-refractivity contribution is -0.135. The number of benzene rings is 1. The molecular formula is C17H26ClFN4O2. The Labute approximate surface area is 153 Å². The van der Waals surface area contributed by atoms with Gasteiger partial charge in [0, 0.05) is 24.8 Å². The molecule has 0 aliphatic carbocycles. The van der Waals surface area contributed by atoms with E-state index in [4.69, 9.17) is 5.73 Å². The van der Waals surface area contributed by atoms with Crippen LogP contribution < -0.4 is 16.4 Å². The minimum Gasteiger partial charge on any atom is -0.339 e. The van der Waals surface area contributed by atoms with Crippen LogP contribution in [-0.4, -0.2) is 41.5 Å². The van der Waals surface area contributed by atoms with Crippen LogP contribution in [-0.2, 0) is 4.79 Å². The molecule has 0 aromatic heterocycles. The molecule has 25 heavy (non-hydrogen) atoms. The molecule has 0 radical (unpaired) electrons. The van der Waals surface area contributed by atoms with Gasteiger partial charge >= 0.3 is 6.03 Å². The predicted molar refractivity (Wildman–Crippen MR) is 98.3 cm³/mol. The number of urea groups is 1. The Hall–Kier alpha value is -1.86. The van der Waals surface area contributed by atoms with Crippen molar-refractivity contribution in [3.63, 3.8) is 0 Å². The molecule has 1 aromatic carbocycles. The first-order valence-corrected chi connectivity index (χ1v) is 8.23. The van der Waals surface area contributed by atoms with Gasteiger partial charge in [0.25, 0.3) is 0 Å². The van der Waals surface area contributed by atoms with Gasteiger partial charge in [0.1, 0.15) is 5.82 Å². The van der Waals surface area contributed by atoms with E-state index >= 15 is 0 Å². The van der Waals surface area contributed by atoms with E-state index in [2.05, 4.69) is 10.6 Å².